The monoisotopic (exact) mass is 464 g/mol. The quantitative estimate of drug-likeness (QED) is 0.490. The molecule has 0 aliphatic rings. The second-order valence-electron chi connectivity index (χ2n) is 8.71. The van der Waals surface area contributed by atoms with Gasteiger partial charge in [-0.05, 0) is 74.6 Å². The predicted octanol–water partition coefficient (Wildman–Crippen LogP) is 5.08. The summed E-state index contributed by atoms with van der Waals surface area (Å²) in [5.74, 6) is -0.292. The van der Waals surface area contributed by atoms with Crippen LogP contribution >= 0.6 is 0 Å². The summed E-state index contributed by atoms with van der Waals surface area (Å²) in [5.41, 5.74) is 6.14. The van der Waals surface area contributed by atoms with Gasteiger partial charge < -0.3 is 4.90 Å². The molecule has 0 bridgehead atoms. The summed E-state index contributed by atoms with van der Waals surface area (Å²) in [5, 5.41) is 0. The Hall–Kier alpha value is -2.96. The average Bonchev–Trinajstić information content (AvgIpc) is 2.74. The Balaban J connectivity index is 1.99. The average molecular weight is 465 g/mol. The topological polar surface area (TPSA) is 57.7 Å². The first-order chi connectivity index (χ1) is 15.5. The minimum Gasteiger partial charge on any atom is -0.314 e. The molecule has 0 radical (unpaired) electrons. The molecule has 0 aliphatic carbocycles. The van der Waals surface area contributed by atoms with Gasteiger partial charge in [0.05, 0.1) is 11.4 Å². The van der Waals surface area contributed by atoms with Crippen molar-refractivity contribution in [3.8, 4) is 0 Å². The molecule has 6 heteroatoms. The maximum atomic E-state index is 13.8. The van der Waals surface area contributed by atoms with Crippen molar-refractivity contribution in [1.29, 1.82) is 0 Å². The highest BCUT2D eigenvalue weighted by atomic mass is 32.2. The minimum atomic E-state index is -3.92. The van der Waals surface area contributed by atoms with Crippen molar-refractivity contribution in [2.75, 3.05) is 18.5 Å². The SMILES string of the molecule is Cc1cc(C)c(S(=O)(=O)N(CC(=O)N(C)c2ccc(C)c(C)c2)Cc2ccccc2)c(C)c1. The first-order valence-corrected chi connectivity index (χ1v) is 12.4. The molecule has 0 aromatic heterocycles. The molecule has 5 nitrogen and oxygen atoms in total. The van der Waals surface area contributed by atoms with E-state index in [2.05, 4.69) is 0 Å². The Morgan fingerprint density at radius 2 is 1.39 bits per heavy atom. The summed E-state index contributed by atoms with van der Waals surface area (Å²) < 4.78 is 29.0. The van der Waals surface area contributed by atoms with Gasteiger partial charge in [-0.2, -0.15) is 4.31 Å². The number of amides is 1. The van der Waals surface area contributed by atoms with Gasteiger partial charge in [-0.25, -0.2) is 8.42 Å². The Morgan fingerprint density at radius 1 is 0.788 bits per heavy atom. The molecule has 3 aromatic carbocycles. The molecule has 33 heavy (non-hydrogen) atoms. The second-order valence-corrected chi connectivity index (χ2v) is 10.6. The van der Waals surface area contributed by atoms with E-state index in [0.717, 1.165) is 27.9 Å². The van der Waals surface area contributed by atoms with E-state index in [4.69, 9.17) is 0 Å². The molecule has 0 heterocycles. The highest BCUT2D eigenvalue weighted by Crippen LogP contribution is 2.27. The second kappa shape index (κ2) is 9.89. The van der Waals surface area contributed by atoms with Crippen LogP contribution in [0.15, 0.2) is 65.6 Å². The Kier molecular flexibility index (Phi) is 7.40. The first-order valence-electron chi connectivity index (χ1n) is 11.0. The highest BCUT2D eigenvalue weighted by Gasteiger charge is 2.31. The van der Waals surface area contributed by atoms with Gasteiger partial charge in [-0.1, -0.05) is 54.1 Å². The van der Waals surface area contributed by atoms with Crippen molar-refractivity contribution in [1.82, 2.24) is 4.31 Å². The number of likely N-dealkylation sites (N-methyl/N-ethyl adjacent to an activating group) is 1. The van der Waals surface area contributed by atoms with Crippen LogP contribution in [-0.2, 0) is 21.4 Å². The molecule has 0 unspecified atom stereocenters. The van der Waals surface area contributed by atoms with E-state index in [1.807, 2.05) is 81.4 Å². The molecular formula is C27H32N2O3S. The summed E-state index contributed by atoms with van der Waals surface area (Å²) in [6.45, 7) is 9.41. The van der Waals surface area contributed by atoms with Crippen LogP contribution in [0.2, 0.25) is 0 Å². The Bertz CT molecular complexity index is 1240. The lowest BCUT2D eigenvalue weighted by Gasteiger charge is -2.27. The van der Waals surface area contributed by atoms with Gasteiger partial charge in [0.2, 0.25) is 15.9 Å². The number of hydrogen-bond acceptors (Lipinski definition) is 3. The molecule has 0 atom stereocenters. The lowest BCUT2D eigenvalue weighted by atomic mass is 10.1. The van der Waals surface area contributed by atoms with Gasteiger partial charge in [0, 0.05) is 19.3 Å². The van der Waals surface area contributed by atoms with Crippen molar-refractivity contribution >= 4 is 21.6 Å². The molecule has 0 fully saturated rings. The summed E-state index contributed by atoms with van der Waals surface area (Å²) >= 11 is 0. The summed E-state index contributed by atoms with van der Waals surface area (Å²) in [7, 11) is -2.23. The molecule has 0 saturated heterocycles. The van der Waals surface area contributed by atoms with E-state index < -0.39 is 10.0 Å². The number of sulfonamides is 1. The van der Waals surface area contributed by atoms with E-state index in [1.54, 1.807) is 20.9 Å². The third kappa shape index (κ3) is 5.52. The molecule has 0 saturated carbocycles. The zero-order chi connectivity index (χ0) is 24.3. The van der Waals surface area contributed by atoms with Gasteiger partial charge in [0.15, 0.2) is 0 Å². The van der Waals surface area contributed by atoms with Crippen LogP contribution in [0.3, 0.4) is 0 Å². The fourth-order valence-electron chi connectivity index (χ4n) is 4.05. The van der Waals surface area contributed by atoms with Gasteiger partial charge in [0.1, 0.15) is 0 Å². The Morgan fingerprint density at radius 3 is 1.97 bits per heavy atom. The van der Waals surface area contributed by atoms with Crippen LogP contribution < -0.4 is 4.90 Å². The summed E-state index contributed by atoms with van der Waals surface area (Å²) in [4.78, 5) is 15.1. The summed E-state index contributed by atoms with van der Waals surface area (Å²) in [6, 6.07) is 18.9. The van der Waals surface area contributed by atoms with Gasteiger partial charge >= 0.3 is 0 Å². The molecular weight excluding hydrogens is 432 g/mol. The van der Waals surface area contributed by atoms with Crippen LogP contribution in [0.5, 0.6) is 0 Å². The van der Waals surface area contributed by atoms with Crippen molar-refractivity contribution in [3.63, 3.8) is 0 Å². The maximum Gasteiger partial charge on any atom is 0.244 e. The van der Waals surface area contributed by atoms with Gasteiger partial charge in [-0.15, -0.1) is 0 Å². The zero-order valence-corrected chi connectivity index (χ0v) is 21.0. The lowest BCUT2D eigenvalue weighted by Crippen LogP contribution is -2.41. The fraction of sp³-hybridized carbons (Fsp3) is 0.296. The van der Waals surface area contributed by atoms with Gasteiger partial charge in [0.25, 0.3) is 0 Å². The molecule has 3 aromatic rings. The molecule has 0 spiro atoms. The predicted molar refractivity (Wildman–Crippen MR) is 134 cm³/mol. The molecule has 3 rings (SSSR count). The van der Waals surface area contributed by atoms with Gasteiger partial charge in [-0.3, -0.25) is 4.79 Å². The number of rotatable bonds is 7. The third-order valence-electron chi connectivity index (χ3n) is 5.97. The summed E-state index contributed by atoms with van der Waals surface area (Å²) in [6.07, 6.45) is 0. The number of aryl methyl sites for hydroxylation is 5. The van der Waals surface area contributed by atoms with Crippen molar-refractivity contribution < 1.29 is 13.2 Å². The van der Waals surface area contributed by atoms with Crippen molar-refractivity contribution in [2.24, 2.45) is 0 Å². The largest absolute Gasteiger partial charge is 0.314 e. The van der Waals surface area contributed by atoms with E-state index in [1.165, 1.54) is 9.21 Å². The van der Waals surface area contributed by atoms with E-state index in [-0.39, 0.29) is 23.9 Å². The number of carbonyl (C=O) groups is 1. The van der Waals surface area contributed by atoms with Crippen molar-refractivity contribution in [2.45, 2.75) is 46.1 Å². The molecule has 0 aliphatic heterocycles. The first kappa shape index (κ1) is 24.7. The van der Waals surface area contributed by atoms with Crippen LogP contribution in [0.4, 0.5) is 5.69 Å². The third-order valence-corrected chi connectivity index (χ3v) is 8.07. The van der Waals surface area contributed by atoms with Crippen LogP contribution in [0.25, 0.3) is 0 Å². The van der Waals surface area contributed by atoms with E-state index in [0.29, 0.717) is 11.1 Å². The highest BCUT2D eigenvalue weighted by molar-refractivity contribution is 7.89. The molecule has 0 N–H and O–H groups in total. The normalized spacial score (nSPS) is 11.6. The van der Waals surface area contributed by atoms with Crippen LogP contribution in [0.1, 0.15) is 33.4 Å². The van der Waals surface area contributed by atoms with E-state index >= 15 is 0 Å². The lowest BCUT2D eigenvalue weighted by molar-refractivity contribution is -0.118. The molecule has 1 amide bonds. The minimum absolute atomic E-state index is 0.114. The fourth-order valence-corrected chi connectivity index (χ4v) is 5.84. The maximum absolute atomic E-state index is 13.8. The standard InChI is InChI=1S/C27H32N2O3S/c1-19-14-22(4)27(23(5)15-19)33(31,32)29(17-24-10-8-7-9-11-24)18-26(30)28(6)25-13-12-20(2)21(3)16-25/h7-16H,17-18H2,1-6H3. The Labute approximate surface area is 197 Å². The van der Waals surface area contributed by atoms with E-state index in [9.17, 15) is 13.2 Å². The zero-order valence-electron chi connectivity index (χ0n) is 20.2. The van der Waals surface area contributed by atoms with Crippen molar-refractivity contribution in [3.05, 3.63) is 94.0 Å². The van der Waals surface area contributed by atoms with Crippen LogP contribution in [0, 0.1) is 34.6 Å². The number of hydrogen-bond donors (Lipinski definition) is 0. The number of anilines is 1. The smallest absolute Gasteiger partial charge is 0.244 e. The van der Waals surface area contributed by atoms with Crippen LogP contribution in [-0.4, -0.2) is 32.2 Å². The number of nitrogens with zero attached hydrogens (tertiary/aromatic N) is 2. The molecule has 174 valence electrons. The number of carbonyl (C=O) groups excluding carboxylic acids is 1. The number of benzene rings is 3.